The average Bonchev–Trinajstić information content (AvgIpc) is 2.50. The molecule has 7 heteroatoms. The molecule has 21 heavy (non-hydrogen) atoms. The molecule has 2 aromatic rings. The molecular weight excluding hydrogens is 311 g/mol. The van der Waals surface area contributed by atoms with E-state index in [2.05, 4.69) is 14.9 Å². The van der Waals surface area contributed by atoms with Crippen LogP contribution in [0.4, 0.5) is 11.6 Å². The summed E-state index contributed by atoms with van der Waals surface area (Å²) in [7, 11) is 0. The molecule has 0 unspecified atom stereocenters. The van der Waals surface area contributed by atoms with Gasteiger partial charge in [-0.05, 0) is 17.7 Å². The molecule has 1 atom stereocenters. The zero-order valence-electron chi connectivity index (χ0n) is 11.2. The van der Waals surface area contributed by atoms with Crippen molar-refractivity contribution in [3.63, 3.8) is 0 Å². The van der Waals surface area contributed by atoms with Crippen LogP contribution in [0, 0.1) is 0 Å². The Morgan fingerprint density at radius 2 is 2.05 bits per heavy atom. The van der Waals surface area contributed by atoms with E-state index < -0.39 is 0 Å². The third kappa shape index (κ3) is 3.20. The number of hydrogen-bond acceptors (Lipinski definition) is 5. The van der Waals surface area contributed by atoms with E-state index in [4.69, 9.17) is 33.7 Å². The summed E-state index contributed by atoms with van der Waals surface area (Å²) < 4.78 is 5.82. The summed E-state index contributed by atoms with van der Waals surface area (Å²) in [6.45, 7) is 2.04. The first kappa shape index (κ1) is 14.4. The third-order valence-electron chi connectivity index (χ3n) is 3.38. The number of ether oxygens (including phenoxy) is 1. The fraction of sp³-hybridized carbons (Fsp3) is 0.286. The fourth-order valence-electron chi connectivity index (χ4n) is 2.31. The summed E-state index contributed by atoms with van der Waals surface area (Å²) in [4.78, 5) is 10.3. The first-order valence-electron chi connectivity index (χ1n) is 6.52. The molecule has 1 aromatic carbocycles. The monoisotopic (exact) mass is 324 g/mol. The molecule has 0 aliphatic carbocycles. The SMILES string of the molecule is Nc1cc(N2CCO[C@@H](c3ccc(Cl)c(Cl)c3)C2)ncn1. The van der Waals surface area contributed by atoms with Crippen LogP contribution in [0.25, 0.3) is 0 Å². The number of nitrogens with zero attached hydrogens (tertiary/aromatic N) is 3. The standard InChI is InChI=1S/C14H14Cl2N4O/c15-10-2-1-9(5-11(10)16)12-7-20(3-4-21-12)14-6-13(17)18-8-19-14/h1-2,5-6,8,12H,3-4,7H2,(H2,17,18,19)/t12-/m1/s1. The smallest absolute Gasteiger partial charge is 0.134 e. The van der Waals surface area contributed by atoms with E-state index in [1.54, 1.807) is 12.1 Å². The van der Waals surface area contributed by atoms with Crippen molar-refractivity contribution in [1.29, 1.82) is 0 Å². The molecule has 0 radical (unpaired) electrons. The Kier molecular flexibility index (Phi) is 4.14. The van der Waals surface area contributed by atoms with Gasteiger partial charge < -0.3 is 15.4 Å². The van der Waals surface area contributed by atoms with Gasteiger partial charge in [-0.3, -0.25) is 0 Å². The first-order valence-corrected chi connectivity index (χ1v) is 7.28. The number of aromatic nitrogens is 2. The van der Waals surface area contributed by atoms with E-state index in [0.29, 0.717) is 29.0 Å². The van der Waals surface area contributed by atoms with Gasteiger partial charge in [0.05, 0.1) is 16.7 Å². The lowest BCUT2D eigenvalue weighted by Crippen LogP contribution is -2.38. The number of nitrogens with two attached hydrogens (primary N) is 1. The van der Waals surface area contributed by atoms with Crippen LogP contribution in [0.2, 0.25) is 10.0 Å². The number of hydrogen-bond donors (Lipinski definition) is 1. The Hall–Kier alpha value is -1.56. The van der Waals surface area contributed by atoms with Gasteiger partial charge in [-0.2, -0.15) is 0 Å². The molecule has 110 valence electrons. The van der Waals surface area contributed by atoms with Crippen molar-refractivity contribution >= 4 is 34.8 Å². The summed E-state index contributed by atoms with van der Waals surface area (Å²) in [6, 6.07) is 7.31. The minimum atomic E-state index is -0.0790. The van der Waals surface area contributed by atoms with E-state index in [-0.39, 0.29) is 6.10 Å². The Morgan fingerprint density at radius 1 is 1.19 bits per heavy atom. The Balaban J connectivity index is 1.80. The van der Waals surface area contributed by atoms with Crippen LogP contribution in [0.15, 0.2) is 30.6 Å². The molecule has 1 aromatic heterocycles. The molecule has 1 saturated heterocycles. The second kappa shape index (κ2) is 6.05. The van der Waals surface area contributed by atoms with Crippen LogP contribution in [-0.4, -0.2) is 29.7 Å². The minimum absolute atomic E-state index is 0.0790. The van der Waals surface area contributed by atoms with Crippen molar-refractivity contribution in [1.82, 2.24) is 9.97 Å². The lowest BCUT2D eigenvalue weighted by molar-refractivity contribution is 0.0395. The third-order valence-corrected chi connectivity index (χ3v) is 4.12. The maximum absolute atomic E-state index is 6.07. The molecule has 0 spiro atoms. The number of benzene rings is 1. The molecule has 0 bridgehead atoms. The summed E-state index contributed by atoms with van der Waals surface area (Å²) in [5.41, 5.74) is 6.70. The molecular formula is C14H14Cl2N4O. The van der Waals surface area contributed by atoms with Crippen molar-refractivity contribution in [3.05, 3.63) is 46.2 Å². The Labute approximate surface area is 132 Å². The van der Waals surface area contributed by atoms with E-state index >= 15 is 0 Å². The Morgan fingerprint density at radius 3 is 2.81 bits per heavy atom. The zero-order chi connectivity index (χ0) is 14.8. The van der Waals surface area contributed by atoms with Crippen LogP contribution < -0.4 is 10.6 Å². The number of rotatable bonds is 2. The van der Waals surface area contributed by atoms with Crippen molar-refractivity contribution in [2.75, 3.05) is 30.3 Å². The van der Waals surface area contributed by atoms with Gasteiger partial charge in [0.15, 0.2) is 0 Å². The predicted octanol–water partition coefficient (Wildman–Crippen LogP) is 2.94. The van der Waals surface area contributed by atoms with E-state index in [0.717, 1.165) is 17.9 Å². The minimum Gasteiger partial charge on any atom is -0.384 e. The molecule has 1 aliphatic rings. The first-order chi connectivity index (χ1) is 10.1. The van der Waals surface area contributed by atoms with E-state index in [9.17, 15) is 0 Å². The van der Waals surface area contributed by atoms with E-state index in [1.165, 1.54) is 6.33 Å². The highest BCUT2D eigenvalue weighted by molar-refractivity contribution is 6.42. The molecule has 0 amide bonds. The predicted molar refractivity (Wildman–Crippen MR) is 83.8 cm³/mol. The largest absolute Gasteiger partial charge is 0.384 e. The highest BCUT2D eigenvalue weighted by atomic mass is 35.5. The average molecular weight is 325 g/mol. The van der Waals surface area contributed by atoms with E-state index in [1.807, 2.05) is 12.1 Å². The number of halogens is 2. The van der Waals surface area contributed by atoms with Gasteiger partial charge in [0.2, 0.25) is 0 Å². The van der Waals surface area contributed by atoms with Gasteiger partial charge in [-0.25, -0.2) is 9.97 Å². The van der Waals surface area contributed by atoms with Crippen molar-refractivity contribution in [2.45, 2.75) is 6.10 Å². The summed E-state index contributed by atoms with van der Waals surface area (Å²) >= 11 is 12.0. The van der Waals surface area contributed by atoms with Gasteiger partial charge in [0.1, 0.15) is 24.1 Å². The van der Waals surface area contributed by atoms with Gasteiger partial charge in [0.25, 0.3) is 0 Å². The van der Waals surface area contributed by atoms with Crippen molar-refractivity contribution < 1.29 is 4.74 Å². The molecule has 2 N–H and O–H groups in total. The highest BCUT2D eigenvalue weighted by Gasteiger charge is 2.23. The lowest BCUT2D eigenvalue weighted by Gasteiger charge is -2.34. The van der Waals surface area contributed by atoms with Crippen LogP contribution in [0.3, 0.4) is 0 Å². The van der Waals surface area contributed by atoms with Gasteiger partial charge >= 0.3 is 0 Å². The fourth-order valence-corrected chi connectivity index (χ4v) is 2.61. The molecule has 1 aliphatic heterocycles. The maximum atomic E-state index is 6.07. The molecule has 5 nitrogen and oxygen atoms in total. The van der Waals surface area contributed by atoms with Gasteiger partial charge in [-0.1, -0.05) is 29.3 Å². The van der Waals surface area contributed by atoms with Crippen molar-refractivity contribution in [2.24, 2.45) is 0 Å². The summed E-state index contributed by atoms with van der Waals surface area (Å²) in [6.07, 6.45) is 1.39. The molecule has 0 saturated carbocycles. The second-order valence-corrected chi connectivity index (χ2v) is 5.59. The molecule has 1 fully saturated rings. The second-order valence-electron chi connectivity index (χ2n) is 4.78. The zero-order valence-corrected chi connectivity index (χ0v) is 12.7. The number of nitrogen functional groups attached to an aromatic ring is 1. The molecule has 2 heterocycles. The topological polar surface area (TPSA) is 64.3 Å². The maximum Gasteiger partial charge on any atom is 0.134 e. The van der Waals surface area contributed by atoms with Gasteiger partial charge in [-0.15, -0.1) is 0 Å². The normalized spacial score (nSPS) is 18.8. The van der Waals surface area contributed by atoms with Crippen LogP contribution >= 0.6 is 23.2 Å². The van der Waals surface area contributed by atoms with Crippen LogP contribution in [0.1, 0.15) is 11.7 Å². The van der Waals surface area contributed by atoms with Crippen LogP contribution in [-0.2, 0) is 4.74 Å². The lowest BCUT2D eigenvalue weighted by atomic mass is 10.1. The van der Waals surface area contributed by atoms with Gasteiger partial charge in [0, 0.05) is 19.2 Å². The van der Waals surface area contributed by atoms with Crippen molar-refractivity contribution in [3.8, 4) is 0 Å². The number of anilines is 2. The quantitative estimate of drug-likeness (QED) is 0.920. The van der Waals surface area contributed by atoms with Crippen LogP contribution in [0.5, 0.6) is 0 Å². The Bertz CT molecular complexity index is 653. The summed E-state index contributed by atoms with van der Waals surface area (Å²) in [5.74, 6) is 1.26. The number of morpholine rings is 1. The molecule has 3 rings (SSSR count). The highest BCUT2D eigenvalue weighted by Crippen LogP contribution is 2.30. The summed E-state index contributed by atoms with van der Waals surface area (Å²) in [5, 5.41) is 1.07.